The number of aromatic nitrogens is 6. The van der Waals surface area contributed by atoms with Gasteiger partial charge in [0.05, 0.1) is 11.4 Å². The van der Waals surface area contributed by atoms with E-state index >= 15 is 0 Å². The molecule has 0 aromatic carbocycles. The van der Waals surface area contributed by atoms with E-state index in [1.807, 2.05) is 23.6 Å². The van der Waals surface area contributed by atoms with E-state index in [9.17, 15) is 0 Å². The molecule has 0 unspecified atom stereocenters. The number of aryl methyl sites for hydroxylation is 1. The van der Waals surface area contributed by atoms with E-state index in [1.54, 1.807) is 6.33 Å². The van der Waals surface area contributed by atoms with Gasteiger partial charge in [0, 0.05) is 44.1 Å². The summed E-state index contributed by atoms with van der Waals surface area (Å²) in [5, 5.41) is 13.3. The van der Waals surface area contributed by atoms with Gasteiger partial charge in [-0.1, -0.05) is 0 Å². The lowest BCUT2D eigenvalue weighted by Gasteiger charge is -2.35. The molecule has 0 N–H and O–H groups in total. The van der Waals surface area contributed by atoms with E-state index in [0.29, 0.717) is 5.92 Å². The van der Waals surface area contributed by atoms with Crippen LogP contribution in [0.5, 0.6) is 0 Å². The second-order valence-electron chi connectivity index (χ2n) is 7.67. The number of anilines is 1. The maximum atomic E-state index is 4.64. The lowest BCUT2D eigenvalue weighted by molar-refractivity contribution is 0.308. The van der Waals surface area contributed by atoms with E-state index < -0.39 is 0 Å². The van der Waals surface area contributed by atoms with Gasteiger partial charge in [0.1, 0.15) is 12.1 Å². The van der Waals surface area contributed by atoms with E-state index in [0.717, 1.165) is 68.4 Å². The van der Waals surface area contributed by atoms with Gasteiger partial charge >= 0.3 is 0 Å². The minimum absolute atomic E-state index is 0.380. The molecule has 8 heteroatoms. The normalized spacial score (nSPS) is 18.8. The molecule has 1 saturated heterocycles. The molecule has 8 nitrogen and oxygen atoms in total. The smallest absolute Gasteiger partial charge is 0.177 e. The first-order chi connectivity index (χ1) is 13.2. The second kappa shape index (κ2) is 6.53. The van der Waals surface area contributed by atoms with Crippen LogP contribution in [0.4, 0.5) is 5.82 Å². The molecule has 5 heterocycles. The topological polar surface area (TPSA) is 75.3 Å². The van der Waals surface area contributed by atoms with Crippen LogP contribution in [0.3, 0.4) is 0 Å². The number of likely N-dealkylation sites (N-methyl/N-ethyl adjacent to an activating group) is 1. The predicted molar refractivity (Wildman–Crippen MR) is 102 cm³/mol. The number of rotatable bonds is 2. The first-order valence-corrected chi connectivity index (χ1v) is 9.64. The second-order valence-corrected chi connectivity index (χ2v) is 7.67. The van der Waals surface area contributed by atoms with Crippen LogP contribution in [-0.2, 0) is 13.0 Å². The first-order valence-electron chi connectivity index (χ1n) is 9.64. The quantitative estimate of drug-likeness (QED) is 0.683. The lowest BCUT2D eigenvalue weighted by atomic mass is 9.95. The van der Waals surface area contributed by atoms with Gasteiger partial charge in [-0.05, 0) is 38.9 Å². The molecule has 0 radical (unpaired) electrons. The summed E-state index contributed by atoms with van der Waals surface area (Å²) < 4.78 is 1.91. The maximum Gasteiger partial charge on any atom is 0.177 e. The molecular weight excluding hydrogens is 340 g/mol. The van der Waals surface area contributed by atoms with Gasteiger partial charge in [-0.15, -0.1) is 10.2 Å². The molecule has 3 aromatic rings. The molecule has 140 valence electrons. The third-order valence-corrected chi connectivity index (χ3v) is 5.75. The molecule has 5 rings (SSSR count). The van der Waals surface area contributed by atoms with E-state index in [-0.39, 0.29) is 0 Å². The Morgan fingerprint density at radius 3 is 2.74 bits per heavy atom. The van der Waals surface area contributed by atoms with Crippen LogP contribution in [0, 0.1) is 6.92 Å². The average molecular weight is 364 g/mol. The number of piperidine rings is 1. The van der Waals surface area contributed by atoms with Crippen molar-refractivity contribution in [1.29, 1.82) is 0 Å². The van der Waals surface area contributed by atoms with Gasteiger partial charge in [-0.2, -0.15) is 9.61 Å². The number of nitrogens with zero attached hydrogens (tertiary/aromatic N) is 8. The van der Waals surface area contributed by atoms with Crippen molar-refractivity contribution in [2.75, 3.05) is 31.6 Å². The highest BCUT2D eigenvalue weighted by Crippen LogP contribution is 2.32. The summed E-state index contributed by atoms with van der Waals surface area (Å²) in [6.07, 6.45) is 4.80. The number of fused-ring (bicyclic) bond motifs is 2. The molecule has 0 amide bonds. The molecule has 2 aliphatic heterocycles. The van der Waals surface area contributed by atoms with E-state index in [2.05, 4.69) is 42.1 Å². The SMILES string of the molecule is Cc1ccc2nnc(C3CCN(c4ncnc5c4CN(C)CC5)CC3)n2n1. The average Bonchev–Trinajstić information content (AvgIpc) is 3.10. The van der Waals surface area contributed by atoms with Crippen molar-refractivity contribution in [2.45, 2.75) is 38.6 Å². The summed E-state index contributed by atoms with van der Waals surface area (Å²) >= 11 is 0. The monoisotopic (exact) mass is 364 g/mol. The largest absolute Gasteiger partial charge is 0.356 e. The first kappa shape index (κ1) is 16.6. The molecule has 27 heavy (non-hydrogen) atoms. The molecule has 1 fully saturated rings. The summed E-state index contributed by atoms with van der Waals surface area (Å²) in [4.78, 5) is 13.9. The highest BCUT2D eigenvalue weighted by Gasteiger charge is 2.28. The van der Waals surface area contributed by atoms with Crippen LogP contribution in [0.25, 0.3) is 5.65 Å². The van der Waals surface area contributed by atoms with Crippen LogP contribution >= 0.6 is 0 Å². The van der Waals surface area contributed by atoms with Gasteiger partial charge in [-0.25, -0.2) is 9.97 Å². The Bertz CT molecular complexity index is 973. The van der Waals surface area contributed by atoms with Gasteiger partial charge < -0.3 is 9.80 Å². The third kappa shape index (κ3) is 2.93. The molecule has 0 aliphatic carbocycles. The Morgan fingerprint density at radius 1 is 1.04 bits per heavy atom. The van der Waals surface area contributed by atoms with E-state index in [4.69, 9.17) is 0 Å². The fraction of sp³-hybridized carbons (Fsp3) is 0.526. The summed E-state index contributed by atoms with van der Waals surface area (Å²) in [6, 6.07) is 3.96. The minimum Gasteiger partial charge on any atom is -0.356 e. The highest BCUT2D eigenvalue weighted by molar-refractivity contribution is 5.50. The molecule has 2 aliphatic rings. The fourth-order valence-corrected chi connectivity index (χ4v) is 4.24. The Morgan fingerprint density at radius 2 is 1.89 bits per heavy atom. The van der Waals surface area contributed by atoms with Gasteiger partial charge in [-0.3, -0.25) is 0 Å². The highest BCUT2D eigenvalue weighted by atomic mass is 15.4. The lowest BCUT2D eigenvalue weighted by Crippen LogP contribution is -2.37. The Balaban J connectivity index is 1.37. The van der Waals surface area contributed by atoms with Crippen molar-refractivity contribution in [1.82, 2.24) is 34.7 Å². The van der Waals surface area contributed by atoms with Crippen LogP contribution in [0.2, 0.25) is 0 Å². The van der Waals surface area contributed by atoms with Crippen molar-refractivity contribution >= 4 is 11.5 Å². The van der Waals surface area contributed by atoms with Gasteiger partial charge in [0.15, 0.2) is 11.5 Å². The number of hydrogen-bond donors (Lipinski definition) is 0. The summed E-state index contributed by atoms with van der Waals surface area (Å²) in [7, 11) is 2.16. The Hall–Kier alpha value is -2.61. The molecule has 0 spiro atoms. The summed E-state index contributed by atoms with van der Waals surface area (Å²) in [5.74, 6) is 2.48. The van der Waals surface area contributed by atoms with Crippen LogP contribution in [0.15, 0.2) is 18.5 Å². The molecule has 3 aromatic heterocycles. The van der Waals surface area contributed by atoms with Crippen molar-refractivity contribution in [3.63, 3.8) is 0 Å². The zero-order valence-corrected chi connectivity index (χ0v) is 15.8. The Kier molecular flexibility index (Phi) is 4.00. The molecule has 0 bridgehead atoms. The molecular formula is C19H24N8. The molecule has 0 atom stereocenters. The van der Waals surface area contributed by atoms with Gasteiger partial charge in [0.2, 0.25) is 0 Å². The summed E-state index contributed by atoms with van der Waals surface area (Å²) in [6.45, 7) is 5.94. The van der Waals surface area contributed by atoms with Crippen molar-refractivity contribution < 1.29 is 0 Å². The Labute approximate surface area is 158 Å². The number of hydrogen-bond acceptors (Lipinski definition) is 7. The predicted octanol–water partition coefficient (Wildman–Crippen LogP) is 1.59. The zero-order chi connectivity index (χ0) is 18.4. The zero-order valence-electron chi connectivity index (χ0n) is 15.8. The van der Waals surface area contributed by atoms with E-state index in [1.165, 1.54) is 11.3 Å². The minimum atomic E-state index is 0.380. The summed E-state index contributed by atoms with van der Waals surface area (Å²) in [5.41, 5.74) is 4.32. The van der Waals surface area contributed by atoms with Crippen LogP contribution in [-0.4, -0.2) is 61.4 Å². The van der Waals surface area contributed by atoms with Crippen molar-refractivity contribution in [3.05, 3.63) is 41.2 Å². The molecule has 0 saturated carbocycles. The standard InChI is InChI=1S/C19H24N8/c1-13-3-4-17-22-23-18(27(17)24-13)14-5-9-26(10-6-14)19-15-11-25(2)8-7-16(15)20-12-21-19/h3-4,12,14H,5-11H2,1-2H3. The van der Waals surface area contributed by atoms with Crippen LogP contribution in [0.1, 0.15) is 41.5 Å². The van der Waals surface area contributed by atoms with Crippen molar-refractivity contribution in [2.24, 2.45) is 0 Å². The van der Waals surface area contributed by atoms with Gasteiger partial charge in [0.25, 0.3) is 0 Å². The fourth-order valence-electron chi connectivity index (χ4n) is 4.24. The van der Waals surface area contributed by atoms with Crippen molar-refractivity contribution in [3.8, 4) is 0 Å². The van der Waals surface area contributed by atoms with Crippen LogP contribution < -0.4 is 4.90 Å². The maximum absolute atomic E-state index is 4.64. The third-order valence-electron chi connectivity index (χ3n) is 5.75.